The van der Waals surface area contributed by atoms with E-state index in [1.54, 1.807) is 12.1 Å². The normalized spacial score (nSPS) is 17.1. The fourth-order valence-electron chi connectivity index (χ4n) is 3.92. The average Bonchev–Trinajstić information content (AvgIpc) is 3.45. The minimum absolute atomic E-state index is 0.220. The van der Waals surface area contributed by atoms with Gasteiger partial charge in [0.2, 0.25) is 0 Å². The predicted octanol–water partition coefficient (Wildman–Crippen LogP) is 6.12. The molecule has 0 aromatic heterocycles. The molecule has 1 nitrogen and oxygen atoms in total. The lowest BCUT2D eigenvalue weighted by atomic mass is 9.93. The van der Waals surface area contributed by atoms with Crippen molar-refractivity contribution in [2.45, 2.75) is 63.2 Å². The Morgan fingerprint density at radius 2 is 1.59 bits per heavy atom. The lowest BCUT2D eigenvalue weighted by molar-refractivity contribution is -0.160. The van der Waals surface area contributed by atoms with E-state index in [0.29, 0.717) is 11.6 Å². The third-order valence-electron chi connectivity index (χ3n) is 5.93. The second-order valence-electron chi connectivity index (χ2n) is 7.78. The van der Waals surface area contributed by atoms with Gasteiger partial charge < -0.3 is 0 Å². The summed E-state index contributed by atoms with van der Waals surface area (Å²) in [6.45, 7) is 3.10. The van der Waals surface area contributed by atoms with Crippen LogP contribution in [0.1, 0.15) is 49.3 Å². The Hall–Kier alpha value is -1.81. The zero-order chi connectivity index (χ0) is 19.5. The second-order valence-corrected chi connectivity index (χ2v) is 7.78. The van der Waals surface area contributed by atoms with Crippen LogP contribution in [-0.2, 0) is 18.4 Å². The molecule has 0 saturated heterocycles. The van der Waals surface area contributed by atoms with E-state index >= 15 is 0 Å². The Morgan fingerprint density at radius 1 is 0.963 bits per heavy atom. The van der Waals surface area contributed by atoms with Gasteiger partial charge in [-0.05, 0) is 55.8 Å². The molecule has 1 unspecified atom stereocenters. The van der Waals surface area contributed by atoms with E-state index in [0.717, 1.165) is 31.4 Å². The number of nitrogens with zero attached hydrogens (tertiary/aromatic N) is 1. The van der Waals surface area contributed by atoms with E-state index in [4.69, 9.17) is 0 Å². The first kappa shape index (κ1) is 19.9. The molecule has 0 heterocycles. The highest BCUT2D eigenvalue weighted by atomic mass is 19.4. The van der Waals surface area contributed by atoms with Gasteiger partial charge >= 0.3 is 6.18 Å². The van der Waals surface area contributed by atoms with E-state index in [1.807, 2.05) is 18.2 Å². The quantitative estimate of drug-likeness (QED) is 0.537. The minimum atomic E-state index is -4.14. The highest BCUT2D eigenvalue weighted by Crippen LogP contribution is 2.58. The summed E-state index contributed by atoms with van der Waals surface area (Å²) in [5, 5.41) is 0. The van der Waals surface area contributed by atoms with Crippen molar-refractivity contribution in [2.24, 2.45) is 0 Å². The fourth-order valence-corrected chi connectivity index (χ4v) is 3.92. The van der Waals surface area contributed by atoms with Crippen LogP contribution in [0.5, 0.6) is 0 Å². The first-order chi connectivity index (χ1) is 12.9. The molecule has 1 aliphatic carbocycles. The standard InChI is InChI=1S/C23H28F3N/c1-3-21(27(2)17-19-7-5-4-6-8-19)14-11-18-9-12-20(13-10-18)22(15-16-22)23(24,25)26/h4-10,12-13,21H,3,11,14-17H2,1-2H3. The van der Waals surface area contributed by atoms with Crippen molar-refractivity contribution in [1.29, 1.82) is 0 Å². The summed E-state index contributed by atoms with van der Waals surface area (Å²) >= 11 is 0. The monoisotopic (exact) mass is 375 g/mol. The molecule has 0 N–H and O–H groups in total. The molecule has 0 radical (unpaired) electrons. The predicted molar refractivity (Wildman–Crippen MR) is 104 cm³/mol. The van der Waals surface area contributed by atoms with Crippen LogP contribution in [0.15, 0.2) is 54.6 Å². The molecule has 3 rings (SSSR count). The van der Waals surface area contributed by atoms with Crippen LogP contribution in [0.3, 0.4) is 0 Å². The van der Waals surface area contributed by atoms with Crippen LogP contribution in [0.25, 0.3) is 0 Å². The Labute approximate surface area is 160 Å². The summed E-state index contributed by atoms with van der Waals surface area (Å²) in [5.41, 5.74) is 1.26. The van der Waals surface area contributed by atoms with Crippen molar-refractivity contribution in [2.75, 3.05) is 7.05 Å². The molecule has 2 aromatic carbocycles. The molecule has 146 valence electrons. The average molecular weight is 375 g/mol. The Balaban J connectivity index is 1.57. The second kappa shape index (κ2) is 8.05. The molecule has 0 aliphatic heterocycles. The molecule has 1 atom stereocenters. The third-order valence-corrected chi connectivity index (χ3v) is 5.93. The van der Waals surface area contributed by atoms with E-state index in [-0.39, 0.29) is 12.8 Å². The SMILES string of the molecule is CCC(CCc1ccc(C2(C(F)(F)F)CC2)cc1)N(C)Cc1ccccc1. The first-order valence-corrected chi connectivity index (χ1v) is 9.76. The van der Waals surface area contributed by atoms with Crippen LogP contribution < -0.4 is 0 Å². The van der Waals surface area contributed by atoms with E-state index in [2.05, 4.69) is 43.1 Å². The van der Waals surface area contributed by atoms with E-state index in [9.17, 15) is 13.2 Å². The van der Waals surface area contributed by atoms with Crippen LogP contribution in [0.4, 0.5) is 13.2 Å². The molecule has 1 aliphatic rings. The van der Waals surface area contributed by atoms with Crippen molar-refractivity contribution in [3.63, 3.8) is 0 Å². The molecule has 0 bridgehead atoms. The van der Waals surface area contributed by atoms with Crippen molar-refractivity contribution < 1.29 is 13.2 Å². The van der Waals surface area contributed by atoms with Gasteiger partial charge in [-0.2, -0.15) is 13.2 Å². The summed E-state index contributed by atoms with van der Waals surface area (Å²) in [6, 6.07) is 18.0. The molecule has 0 amide bonds. The Kier molecular flexibility index (Phi) is 5.95. The van der Waals surface area contributed by atoms with E-state index < -0.39 is 11.6 Å². The molecule has 4 heteroatoms. The Bertz CT molecular complexity index is 718. The van der Waals surface area contributed by atoms with Gasteiger partial charge in [0.1, 0.15) is 0 Å². The summed E-state index contributed by atoms with van der Waals surface area (Å²) in [4.78, 5) is 2.37. The van der Waals surface area contributed by atoms with E-state index in [1.165, 1.54) is 5.56 Å². The number of aryl methyl sites for hydroxylation is 1. The number of benzene rings is 2. The molecule has 27 heavy (non-hydrogen) atoms. The number of hydrogen-bond donors (Lipinski definition) is 0. The molecular weight excluding hydrogens is 347 g/mol. The van der Waals surface area contributed by atoms with Crippen molar-refractivity contribution in [1.82, 2.24) is 4.90 Å². The fraction of sp³-hybridized carbons (Fsp3) is 0.478. The largest absolute Gasteiger partial charge is 0.398 e. The number of alkyl halides is 3. The van der Waals surface area contributed by atoms with Gasteiger partial charge in [-0.3, -0.25) is 4.90 Å². The van der Waals surface area contributed by atoms with Gasteiger partial charge in [0.05, 0.1) is 5.41 Å². The maximum atomic E-state index is 13.2. The van der Waals surface area contributed by atoms with Crippen LogP contribution in [0, 0.1) is 0 Å². The van der Waals surface area contributed by atoms with Gasteiger partial charge in [-0.1, -0.05) is 61.5 Å². The summed E-state index contributed by atoms with van der Waals surface area (Å²) < 4.78 is 39.7. The third kappa shape index (κ3) is 4.55. The van der Waals surface area contributed by atoms with Gasteiger partial charge in [-0.15, -0.1) is 0 Å². The maximum Gasteiger partial charge on any atom is 0.398 e. The zero-order valence-corrected chi connectivity index (χ0v) is 16.1. The molecule has 2 aromatic rings. The van der Waals surface area contributed by atoms with Gasteiger partial charge in [0.15, 0.2) is 0 Å². The lowest BCUT2D eigenvalue weighted by Crippen LogP contribution is -2.31. The van der Waals surface area contributed by atoms with Crippen molar-refractivity contribution in [3.8, 4) is 0 Å². The Morgan fingerprint density at radius 3 is 2.11 bits per heavy atom. The number of hydrogen-bond acceptors (Lipinski definition) is 1. The van der Waals surface area contributed by atoms with Crippen LogP contribution >= 0.6 is 0 Å². The molecular formula is C23H28F3N. The molecule has 0 spiro atoms. The van der Waals surface area contributed by atoms with Crippen molar-refractivity contribution >= 4 is 0 Å². The zero-order valence-electron chi connectivity index (χ0n) is 16.1. The smallest absolute Gasteiger partial charge is 0.299 e. The highest BCUT2D eigenvalue weighted by molar-refractivity contribution is 5.35. The topological polar surface area (TPSA) is 3.24 Å². The maximum absolute atomic E-state index is 13.2. The summed E-state index contributed by atoms with van der Waals surface area (Å²) in [6.07, 6.45) is -0.753. The lowest BCUT2D eigenvalue weighted by Gasteiger charge is -2.27. The minimum Gasteiger partial charge on any atom is -0.299 e. The molecule has 1 saturated carbocycles. The summed E-state index contributed by atoms with van der Waals surface area (Å²) in [5.74, 6) is 0. The number of halogens is 3. The van der Waals surface area contributed by atoms with Gasteiger partial charge in [-0.25, -0.2) is 0 Å². The highest BCUT2D eigenvalue weighted by Gasteiger charge is 2.64. The van der Waals surface area contributed by atoms with Crippen LogP contribution in [-0.4, -0.2) is 24.2 Å². The number of rotatable bonds is 8. The van der Waals surface area contributed by atoms with Crippen molar-refractivity contribution in [3.05, 3.63) is 71.3 Å². The van der Waals surface area contributed by atoms with Gasteiger partial charge in [0.25, 0.3) is 0 Å². The van der Waals surface area contributed by atoms with Gasteiger partial charge in [0, 0.05) is 12.6 Å². The summed E-state index contributed by atoms with van der Waals surface area (Å²) in [7, 11) is 2.14. The molecule has 1 fully saturated rings. The van der Waals surface area contributed by atoms with Crippen LogP contribution in [0.2, 0.25) is 0 Å². The first-order valence-electron chi connectivity index (χ1n) is 9.76.